The summed E-state index contributed by atoms with van der Waals surface area (Å²) in [5.41, 5.74) is 1.22. The largest absolute Gasteiger partial charge is 0.490 e. The van der Waals surface area contributed by atoms with Crippen molar-refractivity contribution in [2.45, 2.75) is 20.4 Å². The van der Waals surface area contributed by atoms with E-state index in [2.05, 4.69) is 68.1 Å². The van der Waals surface area contributed by atoms with E-state index in [1.165, 1.54) is 5.56 Å². The summed E-state index contributed by atoms with van der Waals surface area (Å²) in [6, 6.07) is 4.18. The second kappa shape index (κ2) is 8.95. The summed E-state index contributed by atoms with van der Waals surface area (Å²) in [6.45, 7) is 8.95. The molecule has 1 rings (SSSR count). The molecule has 0 unspecified atom stereocenters. The molecule has 0 amide bonds. The molecule has 0 atom stereocenters. The fourth-order valence-electron chi connectivity index (χ4n) is 1.87. The highest BCUT2D eigenvalue weighted by Crippen LogP contribution is 2.34. The van der Waals surface area contributed by atoms with Crippen LogP contribution < -0.4 is 10.1 Å². The summed E-state index contributed by atoms with van der Waals surface area (Å²) in [7, 11) is 1.94. The second-order valence-electron chi connectivity index (χ2n) is 4.29. The molecular formula is C14H22Br2N2O. The number of hydrogen-bond acceptors (Lipinski definition) is 3. The molecule has 0 aromatic heterocycles. The molecule has 108 valence electrons. The highest BCUT2D eigenvalue weighted by atomic mass is 79.9. The van der Waals surface area contributed by atoms with Crippen LogP contribution >= 0.6 is 31.9 Å². The smallest absolute Gasteiger partial charge is 0.147 e. The zero-order valence-corrected chi connectivity index (χ0v) is 15.0. The molecule has 5 heteroatoms. The van der Waals surface area contributed by atoms with Gasteiger partial charge in [-0.25, -0.2) is 0 Å². The van der Waals surface area contributed by atoms with Crippen molar-refractivity contribution < 1.29 is 4.74 Å². The third kappa shape index (κ3) is 5.42. The molecular weight excluding hydrogens is 372 g/mol. The molecule has 1 aromatic carbocycles. The van der Waals surface area contributed by atoms with E-state index in [0.29, 0.717) is 6.61 Å². The van der Waals surface area contributed by atoms with Gasteiger partial charge in [0.1, 0.15) is 12.4 Å². The quantitative estimate of drug-likeness (QED) is 0.729. The first kappa shape index (κ1) is 17.0. The molecule has 0 heterocycles. The SMILES string of the molecule is CCN(CC)CCOc1c(Br)cc(CNC)cc1Br. The first-order valence-electron chi connectivity index (χ1n) is 6.60. The third-order valence-electron chi connectivity index (χ3n) is 2.99. The normalized spacial score (nSPS) is 11.1. The van der Waals surface area contributed by atoms with Crippen molar-refractivity contribution in [2.24, 2.45) is 0 Å². The highest BCUT2D eigenvalue weighted by molar-refractivity contribution is 9.11. The number of nitrogens with zero attached hydrogens (tertiary/aromatic N) is 1. The molecule has 0 saturated carbocycles. The van der Waals surface area contributed by atoms with Crippen LogP contribution in [0.4, 0.5) is 0 Å². The summed E-state index contributed by atoms with van der Waals surface area (Å²) in [6.07, 6.45) is 0. The van der Waals surface area contributed by atoms with E-state index < -0.39 is 0 Å². The van der Waals surface area contributed by atoms with Gasteiger partial charge in [0.2, 0.25) is 0 Å². The molecule has 0 saturated heterocycles. The summed E-state index contributed by atoms with van der Waals surface area (Å²) in [4.78, 5) is 2.34. The van der Waals surface area contributed by atoms with Gasteiger partial charge in [-0.3, -0.25) is 0 Å². The monoisotopic (exact) mass is 392 g/mol. The minimum absolute atomic E-state index is 0.699. The predicted molar refractivity (Wildman–Crippen MR) is 87.9 cm³/mol. The molecule has 0 aliphatic carbocycles. The van der Waals surface area contributed by atoms with Gasteiger partial charge in [-0.1, -0.05) is 13.8 Å². The van der Waals surface area contributed by atoms with Crippen molar-refractivity contribution in [3.63, 3.8) is 0 Å². The Morgan fingerprint density at radius 2 is 1.74 bits per heavy atom. The van der Waals surface area contributed by atoms with Crippen LogP contribution in [0.1, 0.15) is 19.4 Å². The van der Waals surface area contributed by atoms with E-state index in [-0.39, 0.29) is 0 Å². The molecule has 0 aliphatic rings. The van der Waals surface area contributed by atoms with Crippen LogP contribution in [0.25, 0.3) is 0 Å². The van der Waals surface area contributed by atoms with Gasteiger partial charge in [0.05, 0.1) is 8.95 Å². The molecule has 1 N–H and O–H groups in total. The fourth-order valence-corrected chi connectivity index (χ4v) is 3.38. The Morgan fingerprint density at radius 3 is 2.21 bits per heavy atom. The lowest BCUT2D eigenvalue weighted by atomic mass is 10.2. The minimum Gasteiger partial charge on any atom is -0.490 e. The number of nitrogens with one attached hydrogen (secondary N) is 1. The molecule has 0 radical (unpaired) electrons. The van der Waals surface area contributed by atoms with Gasteiger partial charge < -0.3 is 15.0 Å². The van der Waals surface area contributed by atoms with Crippen LogP contribution in [0.5, 0.6) is 5.75 Å². The Bertz CT molecular complexity index is 372. The summed E-state index contributed by atoms with van der Waals surface area (Å²) in [5, 5.41) is 3.14. The summed E-state index contributed by atoms with van der Waals surface area (Å²) in [5.74, 6) is 0.881. The summed E-state index contributed by atoms with van der Waals surface area (Å²) >= 11 is 7.15. The van der Waals surface area contributed by atoms with Gasteiger partial charge in [0.25, 0.3) is 0 Å². The standard InChI is InChI=1S/C14H22Br2N2O/c1-4-18(5-2)6-7-19-14-12(15)8-11(10-17-3)9-13(14)16/h8-9,17H,4-7,10H2,1-3H3. The van der Waals surface area contributed by atoms with E-state index in [9.17, 15) is 0 Å². The van der Waals surface area contributed by atoms with E-state index in [1.807, 2.05) is 7.05 Å². The van der Waals surface area contributed by atoms with Crippen molar-refractivity contribution in [2.75, 3.05) is 33.3 Å². The number of ether oxygens (including phenoxy) is 1. The average Bonchev–Trinajstić information content (AvgIpc) is 2.38. The first-order valence-corrected chi connectivity index (χ1v) is 8.18. The lowest BCUT2D eigenvalue weighted by Gasteiger charge is -2.19. The van der Waals surface area contributed by atoms with Crippen LogP contribution in [0.2, 0.25) is 0 Å². The maximum absolute atomic E-state index is 5.88. The van der Waals surface area contributed by atoms with Crippen molar-refractivity contribution in [1.82, 2.24) is 10.2 Å². The van der Waals surface area contributed by atoms with Crippen LogP contribution in [0, 0.1) is 0 Å². The number of halogens is 2. The number of benzene rings is 1. The minimum atomic E-state index is 0.699. The second-order valence-corrected chi connectivity index (χ2v) is 6.00. The van der Waals surface area contributed by atoms with Crippen molar-refractivity contribution in [3.8, 4) is 5.75 Å². The van der Waals surface area contributed by atoms with E-state index in [1.54, 1.807) is 0 Å². The van der Waals surface area contributed by atoms with E-state index in [4.69, 9.17) is 4.74 Å². The maximum Gasteiger partial charge on any atom is 0.147 e. The van der Waals surface area contributed by atoms with Crippen molar-refractivity contribution >= 4 is 31.9 Å². The number of rotatable bonds is 8. The van der Waals surface area contributed by atoms with Crippen LogP contribution in [0.3, 0.4) is 0 Å². The van der Waals surface area contributed by atoms with E-state index >= 15 is 0 Å². The Morgan fingerprint density at radius 1 is 1.16 bits per heavy atom. The topological polar surface area (TPSA) is 24.5 Å². The van der Waals surface area contributed by atoms with E-state index in [0.717, 1.165) is 40.9 Å². The Labute approximate surface area is 133 Å². The third-order valence-corrected chi connectivity index (χ3v) is 4.17. The fraction of sp³-hybridized carbons (Fsp3) is 0.571. The summed E-state index contributed by atoms with van der Waals surface area (Å²) < 4.78 is 7.86. The number of likely N-dealkylation sites (N-methyl/N-ethyl adjacent to an activating group) is 1. The predicted octanol–water partition coefficient (Wildman–Crippen LogP) is 3.65. The van der Waals surface area contributed by atoms with Crippen LogP contribution in [-0.4, -0.2) is 38.2 Å². The van der Waals surface area contributed by atoms with Gasteiger partial charge in [0.15, 0.2) is 0 Å². The lowest BCUT2D eigenvalue weighted by Crippen LogP contribution is -2.28. The Hall–Kier alpha value is -0.100. The zero-order chi connectivity index (χ0) is 14.3. The molecule has 1 aromatic rings. The van der Waals surface area contributed by atoms with Crippen LogP contribution in [0.15, 0.2) is 21.1 Å². The maximum atomic E-state index is 5.88. The van der Waals surface area contributed by atoms with Gasteiger partial charge in [0, 0.05) is 13.1 Å². The molecule has 3 nitrogen and oxygen atoms in total. The van der Waals surface area contributed by atoms with Crippen LogP contribution in [-0.2, 0) is 6.54 Å². The van der Waals surface area contributed by atoms with Crippen molar-refractivity contribution in [3.05, 3.63) is 26.6 Å². The van der Waals surface area contributed by atoms with Gasteiger partial charge in [-0.2, -0.15) is 0 Å². The Balaban J connectivity index is 2.63. The number of hydrogen-bond donors (Lipinski definition) is 1. The first-order chi connectivity index (χ1) is 9.12. The zero-order valence-electron chi connectivity index (χ0n) is 11.8. The average molecular weight is 394 g/mol. The Kier molecular flexibility index (Phi) is 7.99. The molecule has 0 spiro atoms. The molecule has 0 fully saturated rings. The van der Waals surface area contributed by atoms with Crippen molar-refractivity contribution in [1.29, 1.82) is 0 Å². The molecule has 0 aliphatic heterocycles. The van der Waals surface area contributed by atoms with Gasteiger partial charge in [-0.05, 0) is 69.7 Å². The van der Waals surface area contributed by atoms with Gasteiger partial charge >= 0.3 is 0 Å². The van der Waals surface area contributed by atoms with Gasteiger partial charge in [-0.15, -0.1) is 0 Å². The molecule has 0 bridgehead atoms. The highest BCUT2D eigenvalue weighted by Gasteiger charge is 2.09. The lowest BCUT2D eigenvalue weighted by molar-refractivity contribution is 0.221. The molecule has 19 heavy (non-hydrogen) atoms.